The minimum Gasteiger partial charge on any atom is -0.134 e. The minimum absolute atomic E-state index is 1.26. The average molecular weight is 695 g/mol. The Morgan fingerprint density at radius 3 is 1.48 bits per heavy atom. The maximum Gasteiger partial charge on any atom is 0.0434 e. The Morgan fingerprint density at radius 2 is 0.788 bits per heavy atom. The number of rotatable bonds is 4. The first-order valence-electron chi connectivity index (χ1n) is 17.8. The molecule has 2 heterocycles. The molecular weight excluding hydrogens is 665 g/mol. The van der Waals surface area contributed by atoms with Crippen molar-refractivity contribution < 1.29 is 0 Å². The van der Waals surface area contributed by atoms with Crippen LogP contribution in [-0.4, -0.2) is 0 Å². The summed E-state index contributed by atoms with van der Waals surface area (Å²) in [5.41, 5.74) is 9.04. The van der Waals surface area contributed by atoms with Crippen LogP contribution in [-0.2, 0) is 0 Å². The zero-order valence-electron chi connectivity index (χ0n) is 28.1. The number of fused-ring (bicyclic) bond motifs is 7. The molecule has 0 fully saturated rings. The molecule has 0 aliphatic carbocycles. The molecule has 0 N–H and O–H groups in total. The molecule has 0 aliphatic rings. The van der Waals surface area contributed by atoms with E-state index in [4.69, 9.17) is 0 Å². The van der Waals surface area contributed by atoms with Gasteiger partial charge in [0, 0.05) is 46.3 Å². The van der Waals surface area contributed by atoms with E-state index in [-0.39, 0.29) is 0 Å². The lowest BCUT2D eigenvalue weighted by Gasteiger charge is -2.19. The second-order valence-electron chi connectivity index (χ2n) is 13.5. The Balaban J connectivity index is 1.20. The second kappa shape index (κ2) is 11.7. The van der Waals surface area contributed by atoms with E-state index in [0.29, 0.717) is 0 Å². The van der Waals surface area contributed by atoms with Crippen LogP contribution >= 0.6 is 22.7 Å². The van der Waals surface area contributed by atoms with Crippen molar-refractivity contribution in [2.24, 2.45) is 0 Å². The van der Waals surface area contributed by atoms with Crippen molar-refractivity contribution in [3.05, 3.63) is 182 Å². The van der Waals surface area contributed by atoms with Gasteiger partial charge in [0.05, 0.1) is 0 Å². The Labute approximate surface area is 309 Å². The number of hydrogen-bond acceptors (Lipinski definition) is 2. The van der Waals surface area contributed by atoms with Gasteiger partial charge < -0.3 is 0 Å². The largest absolute Gasteiger partial charge is 0.134 e. The van der Waals surface area contributed by atoms with E-state index in [1.54, 1.807) is 0 Å². The highest BCUT2D eigenvalue weighted by Gasteiger charge is 2.22. The maximum atomic E-state index is 2.47. The molecule has 2 aromatic heterocycles. The Hall–Kier alpha value is -6.06. The molecule has 242 valence electrons. The standard InChI is InChI=1S/C50H30S2/c1-3-16-32(17-4-1)46-43-29-42-40-27-14-28-41(50(40)52-44(42)30-45(43)51-49(46)33-18-5-2-6-19-33)48-38-24-11-9-22-36(38)47(37-23-10-12-25-39(37)48)35-26-13-20-31-15-7-8-21-34(31)35/h1-30H. The second-order valence-corrected chi connectivity index (χ2v) is 15.6. The van der Waals surface area contributed by atoms with E-state index in [1.165, 1.54) is 106 Å². The van der Waals surface area contributed by atoms with Gasteiger partial charge in [0.25, 0.3) is 0 Å². The summed E-state index contributed by atoms with van der Waals surface area (Å²) in [7, 11) is 0. The highest BCUT2D eigenvalue weighted by atomic mass is 32.1. The molecular formula is C50H30S2. The lowest BCUT2D eigenvalue weighted by Crippen LogP contribution is -1.91. The first-order valence-corrected chi connectivity index (χ1v) is 19.4. The zero-order valence-corrected chi connectivity index (χ0v) is 29.8. The van der Waals surface area contributed by atoms with Gasteiger partial charge in [-0.15, -0.1) is 22.7 Å². The van der Waals surface area contributed by atoms with Crippen molar-refractivity contribution in [1.29, 1.82) is 0 Å². The van der Waals surface area contributed by atoms with Crippen LogP contribution in [0.3, 0.4) is 0 Å². The first-order chi connectivity index (χ1) is 25.8. The molecule has 11 rings (SSSR count). The van der Waals surface area contributed by atoms with Crippen molar-refractivity contribution in [2.45, 2.75) is 0 Å². The van der Waals surface area contributed by atoms with Gasteiger partial charge in [-0.1, -0.05) is 170 Å². The molecule has 2 heteroatoms. The van der Waals surface area contributed by atoms with E-state index >= 15 is 0 Å². The molecule has 0 spiro atoms. The van der Waals surface area contributed by atoms with Crippen LogP contribution in [0.2, 0.25) is 0 Å². The molecule has 0 saturated heterocycles. The Bertz CT molecular complexity index is 3100. The van der Waals surface area contributed by atoms with Crippen LogP contribution in [0.4, 0.5) is 0 Å². The maximum absolute atomic E-state index is 2.47. The lowest BCUT2D eigenvalue weighted by atomic mass is 9.84. The molecule has 11 aromatic rings. The van der Waals surface area contributed by atoms with E-state index < -0.39 is 0 Å². The summed E-state index contributed by atoms with van der Waals surface area (Å²) in [6.45, 7) is 0. The van der Waals surface area contributed by atoms with Gasteiger partial charge in [-0.2, -0.15) is 0 Å². The summed E-state index contributed by atoms with van der Waals surface area (Å²) >= 11 is 3.84. The molecule has 0 atom stereocenters. The average Bonchev–Trinajstić information content (AvgIpc) is 3.77. The molecule has 0 radical (unpaired) electrons. The van der Waals surface area contributed by atoms with Crippen LogP contribution in [0, 0.1) is 0 Å². The van der Waals surface area contributed by atoms with Gasteiger partial charge in [-0.25, -0.2) is 0 Å². The predicted molar refractivity (Wildman–Crippen MR) is 229 cm³/mol. The minimum atomic E-state index is 1.26. The third-order valence-electron chi connectivity index (χ3n) is 10.7. The van der Waals surface area contributed by atoms with Gasteiger partial charge in [-0.3, -0.25) is 0 Å². The van der Waals surface area contributed by atoms with Gasteiger partial charge >= 0.3 is 0 Å². The normalized spacial score (nSPS) is 11.8. The predicted octanol–water partition coefficient (Wildman–Crippen LogP) is 15.4. The fourth-order valence-corrected chi connectivity index (χ4v) is 11.0. The smallest absolute Gasteiger partial charge is 0.0434 e. The van der Waals surface area contributed by atoms with Gasteiger partial charge in [0.15, 0.2) is 0 Å². The zero-order chi connectivity index (χ0) is 34.2. The van der Waals surface area contributed by atoms with Gasteiger partial charge in [0.2, 0.25) is 0 Å². The third-order valence-corrected chi connectivity index (χ3v) is 13.1. The van der Waals surface area contributed by atoms with Crippen LogP contribution in [0.1, 0.15) is 0 Å². The molecule has 0 saturated carbocycles. The van der Waals surface area contributed by atoms with Crippen molar-refractivity contribution in [3.63, 3.8) is 0 Å². The molecule has 0 nitrogen and oxygen atoms in total. The lowest BCUT2D eigenvalue weighted by molar-refractivity contribution is 1.66. The fourth-order valence-electron chi connectivity index (χ4n) is 8.42. The summed E-state index contributed by atoms with van der Waals surface area (Å²) in [6, 6.07) is 67.1. The van der Waals surface area contributed by atoms with Crippen LogP contribution < -0.4 is 0 Å². The summed E-state index contributed by atoms with van der Waals surface area (Å²) < 4.78 is 4.00. The topological polar surface area (TPSA) is 0 Å². The molecule has 9 aromatic carbocycles. The summed E-state index contributed by atoms with van der Waals surface area (Å²) in [4.78, 5) is 1.33. The summed E-state index contributed by atoms with van der Waals surface area (Å²) in [5, 5.41) is 11.6. The van der Waals surface area contributed by atoms with Gasteiger partial charge in [-0.05, 0) is 72.3 Å². The highest BCUT2D eigenvalue weighted by molar-refractivity contribution is 7.27. The Morgan fingerprint density at radius 1 is 0.288 bits per heavy atom. The summed E-state index contributed by atoms with van der Waals surface area (Å²) in [6.07, 6.45) is 0. The molecule has 0 bridgehead atoms. The molecule has 0 amide bonds. The van der Waals surface area contributed by atoms with Crippen molar-refractivity contribution in [3.8, 4) is 43.8 Å². The summed E-state index contributed by atoms with van der Waals surface area (Å²) in [5.74, 6) is 0. The van der Waals surface area contributed by atoms with E-state index in [2.05, 4.69) is 182 Å². The van der Waals surface area contributed by atoms with Crippen LogP contribution in [0.25, 0.3) is 106 Å². The number of hydrogen-bond donors (Lipinski definition) is 0. The monoisotopic (exact) mass is 694 g/mol. The molecule has 0 unspecified atom stereocenters. The highest BCUT2D eigenvalue weighted by Crippen LogP contribution is 2.51. The fraction of sp³-hybridized carbons (Fsp3) is 0. The van der Waals surface area contributed by atoms with E-state index in [0.717, 1.165) is 0 Å². The molecule has 52 heavy (non-hydrogen) atoms. The van der Waals surface area contributed by atoms with Crippen molar-refractivity contribution >= 4 is 85.2 Å². The molecule has 0 aliphatic heterocycles. The number of thiophene rings is 2. The number of benzene rings is 9. The Kier molecular flexibility index (Phi) is 6.70. The van der Waals surface area contributed by atoms with Crippen molar-refractivity contribution in [2.75, 3.05) is 0 Å². The quantitative estimate of drug-likeness (QED) is 0.161. The van der Waals surface area contributed by atoms with E-state index in [1.807, 2.05) is 22.7 Å². The van der Waals surface area contributed by atoms with Crippen LogP contribution in [0.15, 0.2) is 182 Å². The van der Waals surface area contributed by atoms with Gasteiger partial charge in [0.1, 0.15) is 0 Å². The third kappa shape index (κ3) is 4.45. The van der Waals surface area contributed by atoms with E-state index in [9.17, 15) is 0 Å². The first kappa shape index (κ1) is 29.6. The SMILES string of the molecule is c1ccc(-c2sc3cc4sc5c(-c6c7ccccc7c(-c7cccc8ccccc78)c7ccccc67)cccc5c4cc3c2-c2ccccc2)cc1. The van der Waals surface area contributed by atoms with Crippen molar-refractivity contribution in [1.82, 2.24) is 0 Å². The van der Waals surface area contributed by atoms with Crippen LogP contribution in [0.5, 0.6) is 0 Å².